The maximum atomic E-state index is 12.1. The molecule has 16 heavy (non-hydrogen) atoms. The van der Waals surface area contributed by atoms with E-state index in [2.05, 4.69) is 20.9 Å². The fourth-order valence-corrected chi connectivity index (χ4v) is 1.29. The summed E-state index contributed by atoms with van der Waals surface area (Å²) in [6, 6.07) is 2.68. The maximum Gasteiger partial charge on any atom is 0.413 e. The Labute approximate surface area is 96.8 Å². The number of carbonyl (C=O) groups is 1. The minimum Gasteiger partial charge on any atom is -0.465 e. The minimum atomic E-state index is -4.61. The maximum absolute atomic E-state index is 12.1. The molecule has 0 aliphatic heterocycles. The SMILES string of the molecule is O=C(O)N(CC(F)(F)F)c1cc(Br)ccn1. The van der Waals surface area contributed by atoms with Crippen LogP contribution in [0.4, 0.5) is 23.8 Å². The molecule has 0 aliphatic carbocycles. The minimum absolute atomic E-state index is 0.130. The van der Waals surface area contributed by atoms with Gasteiger partial charge in [-0.05, 0) is 12.1 Å². The molecule has 1 rings (SSSR count). The molecule has 88 valence electrons. The van der Waals surface area contributed by atoms with Gasteiger partial charge in [-0.25, -0.2) is 9.78 Å². The first-order chi connectivity index (χ1) is 7.29. The smallest absolute Gasteiger partial charge is 0.413 e. The summed E-state index contributed by atoms with van der Waals surface area (Å²) >= 11 is 3.02. The molecule has 0 bridgehead atoms. The van der Waals surface area contributed by atoms with Crippen molar-refractivity contribution in [2.24, 2.45) is 0 Å². The quantitative estimate of drug-likeness (QED) is 0.913. The molecule has 1 N–H and O–H groups in total. The average Bonchev–Trinajstić information content (AvgIpc) is 2.12. The molecule has 0 fully saturated rings. The summed E-state index contributed by atoms with van der Waals surface area (Å²) in [4.78, 5) is 14.3. The Kier molecular flexibility index (Phi) is 3.74. The average molecular weight is 299 g/mol. The zero-order valence-corrected chi connectivity index (χ0v) is 9.29. The van der Waals surface area contributed by atoms with Crippen molar-refractivity contribution in [1.29, 1.82) is 0 Å². The summed E-state index contributed by atoms with van der Waals surface area (Å²) in [5.41, 5.74) is 0. The zero-order valence-electron chi connectivity index (χ0n) is 7.70. The molecular weight excluding hydrogens is 293 g/mol. The largest absolute Gasteiger partial charge is 0.465 e. The van der Waals surface area contributed by atoms with Crippen molar-refractivity contribution in [3.63, 3.8) is 0 Å². The topological polar surface area (TPSA) is 53.4 Å². The zero-order chi connectivity index (χ0) is 12.3. The number of halogens is 4. The summed E-state index contributed by atoms with van der Waals surface area (Å²) in [5, 5.41) is 8.65. The van der Waals surface area contributed by atoms with Gasteiger partial charge in [0, 0.05) is 10.7 Å². The number of pyridine rings is 1. The lowest BCUT2D eigenvalue weighted by Gasteiger charge is -2.19. The monoisotopic (exact) mass is 298 g/mol. The second-order valence-corrected chi connectivity index (χ2v) is 3.73. The number of amides is 1. The van der Waals surface area contributed by atoms with Crippen LogP contribution < -0.4 is 4.90 Å². The molecule has 0 aliphatic rings. The summed E-state index contributed by atoms with van der Waals surface area (Å²) in [5.74, 6) is -0.279. The Hall–Kier alpha value is -1.31. The number of hydrogen-bond acceptors (Lipinski definition) is 2. The van der Waals surface area contributed by atoms with Crippen molar-refractivity contribution in [1.82, 2.24) is 4.98 Å². The number of hydrogen-bond donors (Lipinski definition) is 1. The van der Waals surface area contributed by atoms with E-state index in [0.29, 0.717) is 4.47 Å². The molecule has 0 unspecified atom stereocenters. The Morgan fingerprint density at radius 3 is 2.62 bits per heavy atom. The lowest BCUT2D eigenvalue weighted by atomic mass is 10.4. The van der Waals surface area contributed by atoms with E-state index in [1.165, 1.54) is 18.3 Å². The number of carboxylic acid groups (broad SMARTS) is 1. The van der Waals surface area contributed by atoms with E-state index >= 15 is 0 Å². The van der Waals surface area contributed by atoms with E-state index in [1.54, 1.807) is 0 Å². The number of anilines is 1. The highest BCUT2D eigenvalue weighted by Crippen LogP contribution is 2.22. The second-order valence-electron chi connectivity index (χ2n) is 2.82. The first-order valence-electron chi connectivity index (χ1n) is 3.98. The predicted octanol–water partition coefficient (Wildman–Crippen LogP) is 2.89. The van der Waals surface area contributed by atoms with Gasteiger partial charge in [-0.1, -0.05) is 15.9 Å². The summed E-state index contributed by atoms with van der Waals surface area (Å²) in [6.07, 6.45) is -5.10. The van der Waals surface area contributed by atoms with Crippen molar-refractivity contribution in [2.45, 2.75) is 6.18 Å². The van der Waals surface area contributed by atoms with Crippen LogP contribution in [0.3, 0.4) is 0 Å². The van der Waals surface area contributed by atoms with Crippen LogP contribution in [0.1, 0.15) is 0 Å². The highest BCUT2D eigenvalue weighted by Gasteiger charge is 2.34. The fraction of sp³-hybridized carbons (Fsp3) is 0.250. The van der Waals surface area contributed by atoms with Crippen molar-refractivity contribution >= 4 is 27.8 Å². The van der Waals surface area contributed by atoms with Crippen LogP contribution in [0.15, 0.2) is 22.8 Å². The van der Waals surface area contributed by atoms with Crippen LogP contribution in [-0.2, 0) is 0 Å². The standard InChI is InChI=1S/C8H6BrF3N2O2/c9-5-1-2-13-6(3-5)14(7(15)16)4-8(10,11)12/h1-3H,4H2,(H,15,16). The van der Waals surface area contributed by atoms with Gasteiger partial charge in [0.05, 0.1) is 0 Å². The van der Waals surface area contributed by atoms with E-state index < -0.39 is 18.8 Å². The third-order valence-corrected chi connectivity index (χ3v) is 2.05. The highest BCUT2D eigenvalue weighted by atomic mass is 79.9. The lowest BCUT2D eigenvalue weighted by molar-refractivity contribution is -0.119. The van der Waals surface area contributed by atoms with Gasteiger partial charge in [0.15, 0.2) is 0 Å². The fourth-order valence-electron chi connectivity index (χ4n) is 0.967. The van der Waals surface area contributed by atoms with E-state index in [1.807, 2.05) is 0 Å². The van der Waals surface area contributed by atoms with Crippen molar-refractivity contribution in [3.8, 4) is 0 Å². The Morgan fingerprint density at radius 1 is 1.56 bits per heavy atom. The molecule has 4 nitrogen and oxygen atoms in total. The summed E-state index contributed by atoms with van der Waals surface area (Å²) < 4.78 is 36.8. The van der Waals surface area contributed by atoms with Gasteiger partial charge in [-0.3, -0.25) is 4.90 Å². The summed E-state index contributed by atoms with van der Waals surface area (Å²) in [6.45, 7) is -1.59. The van der Waals surface area contributed by atoms with Crippen molar-refractivity contribution < 1.29 is 23.1 Å². The highest BCUT2D eigenvalue weighted by molar-refractivity contribution is 9.10. The molecule has 1 aromatic heterocycles. The third kappa shape index (κ3) is 3.69. The molecule has 1 aromatic rings. The van der Waals surface area contributed by atoms with E-state index in [4.69, 9.17) is 5.11 Å². The van der Waals surface area contributed by atoms with Crippen LogP contribution in [0.5, 0.6) is 0 Å². The Bertz CT molecular complexity index is 397. The van der Waals surface area contributed by atoms with E-state index in [0.717, 1.165) is 0 Å². The first-order valence-corrected chi connectivity index (χ1v) is 4.77. The third-order valence-electron chi connectivity index (χ3n) is 1.55. The lowest BCUT2D eigenvalue weighted by Crippen LogP contribution is -2.38. The molecular formula is C8H6BrF3N2O2. The van der Waals surface area contributed by atoms with Crippen molar-refractivity contribution in [2.75, 3.05) is 11.4 Å². The van der Waals surface area contributed by atoms with Gasteiger partial charge >= 0.3 is 12.3 Å². The summed E-state index contributed by atoms with van der Waals surface area (Å²) in [7, 11) is 0. The van der Waals surface area contributed by atoms with Gasteiger partial charge in [0.2, 0.25) is 0 Å². The van der Waals surface area contributed by atoms with Crippen LogP contribution in [0.25, 0.3) is 0 Å². The Morgan fingerprint density at radius 2 is 2.19 bits per heavy atom. The normalized spacial score (nSPS) is 11.2. The number of aromatic nitrogens is 1. The van der Waals surface area contributed by atoms with Gasteiger partial charge in [0.1, 0.15) is 12.4 Å². The van der Waals surface area contributed by atoms with Gasteiger partial charge < -0.3 is 5.11 Å². The molecule has 0 saturated heterocycles. The molecule has 0 spiro atoms. The van der Waals surface area contributed by atoms with Crippen molar-refractivity contribution in [3.05, 3.63) is 22.8 Å². The van der Waals surface area contributed by atoms with Gasteiger partial charge in [0.25, 0.3) is 0 Å². The predicted molar refractivity (Wildman–Crippen MR) is 53.4 cm³/mol. The molecule has 0 saturated carbocycles. The van der Waals surface area contributed by atoms with Crippen LogP contribution in [0.2, 0.25) is 0 Å². The van der Waals surface area contributed by atoms with Gasteiger partial charge in [-0.2, -0.15) is 13.2 Å². The molecule has 0 aromatic carbocycles. The van der Waals surface area contributed by atoms with E-state index in [9.17, 15) is 18.0 Å². The first kappa shape index (κ1) is 12.8. The molecule has 8 heteroatoms. The van der Waals surface area contributed by atoms with Gasteiger partial charge in [-0.15, -0.1) is 0 Å². The van der Waals surface area contributed by atoms with Crippen LogP contribution >= 0.6 is 15.9 Å². The molecule has 0 atom stereocenters. The number of rotatable bonds is 2. The number of nitrogens with zero attached hydrogens (tertiary/aromatic N) is 2. The Balaban J connectivity index is 2.99. The molecule has 1 amide bonds. The number of alkyl halides is 3. The molecule has 1 heterocycles. The van der Waals surface area contributed by atoms with E-state index in [-0.39, 0.29) is 10.7 Å². The van der Waals surface area contributed by atoms with Crippen LogP contribution in [0, 0.1) is 0 Å². The van der Waals surface area contributed by atoms with Crippen LogP contribution in [-0.4, -0.2) is 28.9 Å². The second kappa shape index (κ2) is 4.69. The molecule has 0 radical (unpaired) electrons.